The molecule has 0 aliphatic rings. The van der Waals surface area contributed by atoms with E-state index in [-0.39, 0.29) is 11.9 Å². The summed E-state index contributed by atoms with van der Waals surface area (Å²) in [7, 11) is 0. The zero-order valence-corrected chi connectivity index (χ0v) is 12.8. The normalized spacial score (nSPS) is 12.5. The van der Waals surface area contributed by atoms with Crippen molar-refractivity contribution in [2.75, 3.05) is 0 Å². The van der Waals surface area contributed by atoms with Gasteiger partial charge >= 0.3 is 0 Å². The van der Waals surface area contributed by atoms with Gasteiger partial charge in [-0.1, -0.05) is 12.1 Å². The molecule has 2 heterocycles. The molecule has 0 saturated heterocycles. The first-order chi connectivity index (χ1) is 10.2. The number of aromatic nitrogens is 4. The predicted octanol–water partition coefficient (Wildman–Crippen LogP) is 3.83. The molecule has 0 aliphatic carbocycles. The van der Waals surface area contributed by atoms with Crippen molar-refractivity contribution >= 4 is 15.9 Å². The number of rotatable bonds is 4. The van der Waals surface area contributed by atoms with E-state index >= 15 is 0 Å². The summed E-state index contributed by atoms with van der Waals surface area (Å²) in [5, 5.41) is 8.21. The zero-order valence-electron chi connectivity index (χ0n) is 11.2. The van der Waals surface area contributed by atoms with Crippen LogP contribution in [0.1, 0.15) is 25.3 Å². The Kier molecular flexibility index (Phi) is 3.83. The van der Waals surface area contributed by atoms with E-state index in [0.717, 1.165) is 10.9 Å². The smallest absolute Gasteiger partial charge is 0.251 e. The van der Waals surface area contributed by atoms with Crippen LogP contribution in [0.5, 0.6) is 0 Å². The highest BCUT2D eigenvalue weighted by Crippen LogP contribution is 2.24. The van der Waals surface area contributed by atoms with E-state index in [1.165, 1.54) is 12.1 Å². The highest BCUT2D eigenvalue weighted by atomic mass is 79.9. The van der Waals surface area contributed by atoms with E-state index in [9.17, 15) is 4.39 Å². The molecule has 3 rings (SSSR count). The van der Waals surface area contributed by atoms with E-state index < -0.39 is 0 Å². The van der Waals surface area contributed by atoms with Gasteiger partial charge in [-0.3, -0.25) is 4.68 Å². The van der Waals surface area contributed by atoms with Crippen molar-refractivity contribution in [2.45, 2.75) is 19.4 Å². The molecule has 2 aromatic heterocycles. The van der Waals surface area contributed by atoms with Crippen LogP contribution in [0.15, 0.2) is 45.7 Å². The van der Waals surface area contributed by atoms with Gasteiger partial charge in [0.05, 0.1) is 10.7 Å². The zero-order chi connectivity index (χ0) is 14.8. The van der Waals surface area contributed by atoms with E-state index in [2.05, 4.69) is 31.2 Å². The summed E-state index contributed by atoms with van der Waals surface area (Å²) < 4.78 is 20.9. The average Bonchev–Trinajstić information content (AvgIpc) is 3.11. The molecule has 1 atom stereocenters. The summed E-state index contributed by atoms with van der Waals surface area (Å²) in [5.74, 6) is 0.623. The number of hydrogen-bond acceptors (Lipinski definition) is 4. The van der Waals surface area contributed by atoms with Crippen LogP contribution in [-0.2, 0) is 0 Å². The minimum atomic E-state index is -0.296. The van der Waals surface area contributed by atoms with E-state index in [1.807, 2.05) is 13.1 Å². The van der Waals surface area contributed by atoms with E-state index in [0.29, 0.717) is 17.3 Å². The van der Waals surface area contributed by atoms with Gasteiger partial charge in [0.25, 0.3) is 5.89 Å². The lowest BCUT2D eigenvalue weighted by atomic mass is 10.2. The first kappa shape index (κ1) is 13.9. The SMILES string of the molecule is CCC(c1nc(-c2ccc(F)cc2)no1)n1cc(Br)cn1. The Morgan fingerprint density at radius 3 is 2.71 bits per heavy atom. The van der Waals surface area contributed by atoms with Crippen molar-refractivity contribution in [2.24, 2.45) is 0 Å². The fourth-order valence-corrected chi connectivity index (χ4v) is 2.35. The van der Waals surface area contributed by atoms with Crippen LogP contribution in [0.4, 0.5) is 4.39 Å². The molecule has 21 heavy (non-hydrogen) atoms. The van der Waals surface area contributed by atoms with Gasteiger partial charge in [0.2, 0.25) is 5.82 Å². The van der Waals surface area contributed by atoms with Crippen molar-refractivity contribution in [3.05, 3.63) is 52.8 Å². The molecule has 3 aromatic rings. The van der Waals surface area contributed by atoms with Crippen molar-refractivity contribution < 1.29 is 8.91 Å². The lowest BCUT2D eigenvalue weighted by molar-refractivity contribution is 0.321. The Balaban J connectivity index is 1.91. The van der Waals surface area contributed by atoms with Crippen LogP contribution in [0.3, 0.4) is 0 Å². The second kappa shape index (κ2) is 5.77. The highest BCUT2D eigenvalue weighted by Gasteiger charge is 2.20. The number of benzene rings is 1. The predicted molar refractivity (Wildman–Crippen MR) is 78.0 cm³/mol. The van der Waals surface area contributed by atoms with Crippen molar-refractivity contribution in [3.8, 4) is 11.4 Å². The molecule has 7 heteroatoms. The molecule has 0 aliphatic heterocycles. The van der Waals surface area contributed by atoms with Gasteiger partial charge in [-0.25, -0.2) is 4.39 Å². The lowest BCUT2D eigenvalue weighted by Gasteiger charge is -2.09. The molecule has 0 amide bonds. The number of nitrogens with zero attached hydrogens (tertiary/aromatic N) is 4. The number of hydrogen-bond donors (Lipinski definition) is 0. The summed E-state index contributed by atoms with van der Waals surface area (Å²) in [4.78, 5) is 4.39. The molecule has 1 unspecified atom stereocenters. The maximum Gasteiger partial charge on any atom is 0.251 e. The Morgan fingerprint density at radius 1 is 1.33 bits per heavy atom. The Labute approximate surface area is 128 Å². The minimum absolute atomic E-state index is 0.127. The van der Waals surface area contributed by atoms with Crippen molar-refractivity contribution in [3.63, 3.8) is 0 Å². The topological polar surface area (TPSA) is 56.7 Å². The fourth-order valence-electron chi connectivity index (χ4n) is 2.05. The fraction of sp³-hybridized carbons (Fsp3) is 0.214. The van der Waals surface area contributed by atoms with Crippen LogP contribution in [-0.4, -0.2) is 19.9 Å². The molecule has 0 fully saturated rings. The summed E-state index contributed by atoms with van der Waals surface area (Å²) in [5.41, 5.74) is 0.711. The second-order valence-corrected chi connectivity index (χ2v) is 5.44. The Morgan fingerprint density at radius 2 is 2.10 bits per heavy atom. The van der Waals surface area contributed by atoms with E-state index in [1.54, 1.807) is 23.0 Å². The highest BCUT2D eigenvalue weighted by molar-refractivity contribution is 9.10. The van der Waals surface area contributed by atoms with Crippen molar-refractivity contribution in [1.29, 1.82) is 0 Å². The van der Waals surface area contributed by atoms with E-state index in [4.69, 9.17) is 4.52 Å². The third-order valence-electron chi connectivity index (χ3n) is 3.11. The summed E-state index contributed by atoms with van der Waals surface area (Å²) >= 11 is 3.37. The second-order valence-electron chi connectivity index (χ2n) is 4.53. The van der Waals surface area contributed by atoms with Crippen LogP contribution in [0.2, 0.25) is 0 Å². The molecule has 108 valence electrons. The summed E-state index contributed by atoms with van der Waals surface area (Å²) in [6.45, 7) is 2.02. The molecule has 0 bridgehead atoms. The molecular formula is C14H12BrFN4O. The molecule has 5 nitrogen and oxygen atoms in total. The third-order valence-corrected chi connectivity index (χ3v) is 3.51. The minimum Gasteiger partial charge on any atom is -0.337 e. The largest absolute Gasteiger partial charge is 0.337 e. The lowest BCUT2D eigenvalue weighted by Crippen LogP contribution is -2.10. The van der Waals surface area contributed by atoms with Gasteiger partial charge in [-0.2, -0.15) is 10.1 Å². The van der Waals surface area contributed by atoms with Gasteiger partial charge in [0, 0.05) is 11.8 Å². The van der Waals surface area contributed by atoms with Gasteiger partial charge in [-0.15, -0.1) is 0 Å². The maximum absolute atomic E-state index is 12.9. The van der Waals surface area contributed by atoms with Crippen molar-refractivity contribution in [1.82, 2.24) is 19.9 Å². The van der Waals surface area contributed by atoms with Gasteiger partial charge in [0.1, 0.15) is 11.9 Å². The Bertz CT molecular complexity index is 738. The summed E-state index contributed by atoms with van der Waals surface area (Å²) in [6, 6.07) is 5.85. The number of halogens is 2. The monoisotopic (exact) mass is 350 g/mol. The van der Waals surface area contributed by atoms with Crippen LogP contribution < -0.4 is 0 Å². The maximum atomic E-state index is 12.9. The molecule has 0 radical (unpaired) electrons. The van der Waals surface area contributed by atoms with Gasteiger partial charge < -0.3 is 4.52 Å². The molecule has 0 saturated carbocycles. The van der Waals surface area contributed by atoms with Crippen LogP contribution >= 0.6 is 15.9 Å². The van der Waals surface area contributed by atoms with Crippen LogP contribution in [0.25, 0.3) is 11.4 Å². The first-order valence-corrected chi connectivity index (χ1v) is 7.26. The molecule has 0 spiro atoms. The molecule has 1 aromatic carbocycles. The Hall–Kier alpha value is -2.02. The third kappa shape index (κ3) is 2.87. The summed E-state index contributed by atoms with van der Waals surface area (Å²) in [6.07, 6.45) is 4.33. The first-order valence-electron chi connectivity index (χ1n) is 6.46. The molecule has 0 N–H and O–H groups in total. The molecular weight excluding hydrogens is 339 g/mol. The standard InChI is InChI=1S/C14H12BrFN4O/c1-2-12(20-8-10(15)7-17-20)14-18-13(19-21-14)9-3-5-11(16)6-4-9/h3-8,12H,2H2,1H3. The quantitative estimate of drug-likeness (QED) is 0.717. The van der Waals surface area contributed by atoms with Gasteiger partial charge in [0.15, 0.2) is 0 Å². The average molecular weight is 351 g/mol. The van der Waals surface area contributed by atoms with Crippen LogP contribution in [0, 0.1) is 5.82 Å². The van der Waals surface area contributed by atoms with Gasteiger partial charge in [-0.05, 0) is 46.6 Å².